The molecule has 2 rings (SSSR count). The highest BCUT2D eigenvalue weighted by Gasteiger charge is 2.55. The van der Waals surface area contributed by atoms with Gasteiger partial charge in [0.15, 0.2) is 0 Å². The number of aromatic amines is 1. The van der Waals surface area contributed by atoms with Crippen molar-refractivity contribution in [3.63, 3.8) is 0 Å². The number of nitrogens with one attached hydrogen (secondary N) is 1. The molecule has 1 aromatic heterocycles. The van der Waals surface area contributed by atoms with Gasteiger partial charge < -0.3 is 4.90 Å². The van der Waals surface area contributed by atoms with E-state index in [0.717, 1.165) is 37.3 Å². The van der Waals surface area contributed by atoms with Gasteiger partial charge in [0, 0.05) is 18.0 Å². The molecule has 5 heteroatoms. The molecule has 0 aliphatic heterocycles. The molecular weight excluding hydrogens is 248 g/mol. The van der Waals surface area contributed by atoms with E-state index in [9.17, 15) is 8.78 Å². The normalized spacial score (nSPS) is 21.1. The number of halogens is 2. The Labute approximate surface area is 113 Å². The Kier molecular flexibility index (Phi) is 4.23. The van der Waals surface area contributed by atoms with Crippen molar-refractivity contribution in [1.82, 2.24) is 15.1 Å². The van der Waals surface area contributed by atoms with E-state index in [1.54, 1.807) is 0 Å². The van der Waals surface area contributed by atoms with Crippen LogP contribution in [0.25, 0.3) is 0 Å². The third kappa shape index (κ3) is 3.75. The van der Waals surface area contributed by atoms with Crippen LogP contribution in [-0.4, -0.2) is 41.2 Å². The van der Waals surface area contributed by atoms with Crippen molar-refractivity contribution in [3.05, 3.63) is 17.0 Å². The van der Waals surface area contributed by atoms with Gasteiger partial charge in [0.1, 0.15) is 0 Å². The first kappa shape index (κ1) is 14.4. The van der Waals surface area contributed by atoms with Crippen molar-refractivity contribution < 1.29 is 8.78 Å². The van der Waals surface area contributed by atoms with Crippen molar-refractivity contribution in [2.75, 3.05) is 20.1 Å². The summed E-state index contributed by atoms with van der Waals surface area (Å²) >= 11 is 0. The molecule has 1 heterocycles. The molecule has 0 radical (unpaired) electrons. The van der Waals surface area contributed by atoms with Gasteiger partial charge in [-0.3, -0.25) is 5.10 Å². The lowest BCUT2D eigenvalue weighted by Crippen LogP contribution is -2.22. The Morgan fingerprint density at radius 3 is 2.58 bits per heavy atom. The number of aromatic nitrogens is 2. The predicted octanol–water partition coefficient (Wildman–Crippen LogP) is 2.94. The summed E-state index contributed by atoms with van der Waals surface area (Å²) < 4.78 is 25.5. The molecule has 1 atom stereocenters. The average molecular weight is 271 g/mol. The van der Waals surface area contributed by atoms with E-state index in [4.69, 9.17) is 0 Å². The van der Waals surface area contributed by atoms with Gasteiger partial charge in [-0.15, -0.1) is 0 Å². The minimum Gasteiger partial charge on any atom is -0.306 e. The van der Waals surface area contributed by atoms with Crippen LogP contribution in [0.15, 0.2) is 0 Å². The molecule has 0 bridgehead atoms. The lowest BCUT2D eigenvalue weighted by molar-refractivity contribution is 0.0945. The number of H-pyrrole nitrogens is 1. The summed E-state index contributed by atoms with van der Waals surface area (Å²) in [5.41, 5.74) is 3.50. The van der Waals surface area contributed by atoms with E-state index >= 15 is 0 Å². The second-order valence-corrected chi connectivity index (χ2v) is 5.77. The summed E-state index contributed by atoms with van der Waals surface area (Å²) in [5, 5.41) is 7.16. The molecule has 0 spiro atoms. The molecule has 19 heavy (non-hydrogen) atoms. The van der Waals surface area contributed by atoms with Crippen LogP contribution in [-0.2, 0) is 6.42 Å². The van der Waals surface area contributed by atoms with Gasteiger partial charge in [-0.1, -0.05) is 0 Å². The quantitative estimate of drug-likeness (QED) is 0.827. The zero-order chi connectivity index (χ0) is 14.0. The third-order valence-electron chi connectivity index (χ3n) is 4.06. The van der Waals surface area contributed by atoms with E-state index in [1.807, 2.05) is 20.9 Å². The van der Waals surface area contributed by atoms with Crippen LogP contribution in [0.1, 0.15) is 36.2 Å². The number of aryl methyl sites for hydroxylation is 2. The number of rotatable bonds is 7. The number of alkyl halides is 2. The van der Waals surface area contributed by atoms with E-state index in [1.165, 1.54) is 5.56 Å². The first-order chi connectivity index (χ1) is 8.90. The Hall–Kier alpha value is -0.970. The minimum atomic E-state index is -2.37. The van der Waals surface area contributed by atoms with Crippen molar-refractivity contribution in [2.45, 2.75) is 45.5 Å². The molecule has 1 unspecified atom stereocenters. The first-order valence-corrected chi connectivity index (χ1v) is 6.97. The zero-order valence-electron chi connectivity index (χ0n) is 12.0. The fourth-order valence-corrected chi connectivity index (χ4v) is 2.54. The Morgan fingerprint density at radius 2 is 2.05 bits per heavy atom. The largest absolute Gasteiger partial charge is 0.306 e. The van der Waals surface area contributed by atoms with Gasteiger partial charge in [0.05, 0.1) is 5.69 Å². The second-order valence-electron chi connectivity index (χ2n) is 5.77. The Morgan fingerprint density at radius 1 is 1.37 bits per heavy atom. The van der Waals surface area contributed by atoms with Gasteiger partial charge in [-0.2, -0.15) is 5.10 Å². The molecule has 1 fully saturated rings. The highest BCUT2D eigenvalue weighted by atomic mass is 19.3. The maximum atomic E-state index is 12.7. The molecule has 1 saturated carbocycles. The Bertz CT molecular complexity index is 409. The molecule has 1 N–H and O–H groups in total. The lowest BCUT2D eigenvalue weighted by atomic mass is 10.1. The fourth-order valence-electron chi connectivity index (χ4n) is 2.54. The van der Waals surface area contributed by atoms with E-state index in [2.05, 4.69) is 15.1 Å². The van der Waals surface area contributed by atoms with Crippen molar-refractivity contribution >= 4 is 0 Å². The van der Waals surface area contributed by atoms with Gasteiger partial charge in [0.25, 0.3) is 5.92 Å². The van der Waals surface area contributed by atoms with Crippen LogP contribution < -0.4 is 0 Å². The smallest absolute Gasteiger partial charge is 0.251 e. The molecule has 1 aromatic rings. The molecule has 1 aliphatic rings. The van der Waals surface area contributed by atoms with Gasteiger partial charge >= 0.3 is 0 Å². The second kappa shape index (κ2) is 5.57. The van der Waals surface area contributed by atoms with Crippen LogP contribution >= 0.6 is 0 Å². The summed E-state index contributed by atoms with van der Waals surface area (Å²) in [4.78, 5) is 2.15. The van der Waals surface area contributed by atoms with Crippen LogP contribution in [0.4, 0.5) is 8.78 Å². The monoisotopic (exact) mass is 271 g/mol. The average Bonchev–Trinajstić information content (AvgIpc) is 2.84. The Balaban J connectivity index is 1.63. The van der Waals surface area contributed by atoms with Crippen molar-refractivity contribution in [1.29, 1.82) is 0 Å². The van der Waals surface area contributed by atoms with E-state index in [0.29, 0.717) is 6.42 Å². The fraction of sp³-hybridized carbons (Fsp3) is 0.786. The van der Waals surface area contributed by atoms with Gasteiger partial charge in [0.2, 0.25) is 0 Å². The number of hydrogen-bond acceptors (Lipinski definition) is 2. The highest BCUT2D eigenvalue weighted by Crippen LogP contribution is 2.50. The lowest BCUT2D eigenvalue weighted by Gasteiger charge is -2.16. The maximum absolute atomic E-state index is 12.7. The van der Waals surface area contributed by atoms with Gasteiger partial charge in [-0.05, 0) is 58.8 Å². The molecule has 3 nitrogen and oxygen atoms in total. The van der Waals surface area contributed by atoms with Crippen LogP contribution in [0, 0.1) is 19.8 Å². The number of nitrogens with zero attached hydrogens (tertiary/aromatic N) is 2. The van der Waals surface area contributed by atoms with E-state index < -0.39 is 5.92 Å². The summed E-state index contributed by atoms with van der Waals surface area (Å²) in [6.45, 7) is 5.76. The first-order valence-electron chi connectivity index (χ1n) is 6.97. The van der Waals surface area contributed by atoms with Crippen molar-refractivity contribution in [2.24, 2.45) is 5.92 Å². The SMILES string of the molecule is Cc1n[nH]c(C)c1CCCN(C)CCC1CC1(F)F. The molecule has 1 aliphatic carbocycles. The van der Waals surface area contributed by atoms with Crippen molar-refractivity contribution in [3.8, 4) is 0 Å². The molecule has 0 saturated heterocycles. The summed E-state index contributed by atoms with van der Waals surface area (Å²) in [7, 11) is 2.01. The minimum absolute atomic E-state index is 0.0915. The maximum Gasteiger partial charge on any atom is 0.251 e. The van der Waals surface area contributed by atoms with Gasteiger partial charge in [-0.25, -0.2) is 8.78 Å². The topological polar surface area (TPSA) is 31.9 Å². The van der Waals surface area contributed by atoms with Crippen LogP contribution in [0.3, 0.4) is 0 Å². The predicted molar refractivity (Wildman–Crippen MR) is 71.6 cm³/mol. The summed E-state index contributed by atoms with van der Waals surface area (Å²) in [6, 6.07) is 0. The molecule has 108 valence electrons. The standard InChI is InChI=1S/C14H23F2N3/c1-10-13(11(2)18-17-10)5-4-7-19(3)8-6-12-9-14(12,15)16/h12H,4-9H2,1-3H3,(H,17,18). The zero-order valence-corrected chi connectivity index (χ0v) is 12.0. The van der Waals surface area contributed by atoms with Crippen LogP contribution in [0.2, 0.25) is 0 Å². The molecule has 0 aromatic carbocycles. The highest BCUT2D eigenvalue weighted by molar-refractivity contribution is 5.23. The van der Waals surface area contributed by atoms with E-state index in [-0.39, 0.29) is 12.3 Å². The summed E-state index contributed by atoms with van der Waals surface area (Å²) in [6.07, 6.45) is 2.75. The third-order valence-corrected chi connectivity index (χ3v) is 4.06. The molecule has 0 amide bonds. The van der Waals surface area contributed by atoms with Crippen LogP contribution in [0.5, 0.6) is 0 Å². The number of hydrogen-bond donors (Lipinski definition) is 1. The summed E-state index contributed by atoms with van der Waals surface area (Å²) in [5.74, 6) is -2.74. The molecular formula is C14H23F2N3.